The summed E-state index contributed by atoms with van der Waals surface area (Å²) in [5.41, 5.74) is 2.15. The van der Waals surface area contributed by atoms with Gasteiger partial charge in [0.15, 0.2) is 0 Å². The molecule has 0 aliphatic heterocycles. The van der Waals surface area contributed by atoms with Crippen LogP contribution in [0, 0.1) is 17.0 Å². The molecule has 0 spiro atoms. The maximum atomic E-state index is 10.9. The van der Waals surface area contributed by atoms with Gasteiger partial charge in [0.1, 0.15) is 5.75 Å². The topological polar surface area (TPSA) is 64.4 Å². The van der Waals surface area contributed by atoms with Crippen molar-refractivity contribution in [3.05, 3.63) is 55.8 Å². The Kier molecular flexibility index (Phi) is 4.70. The van der Waals surface area contributed by atoms with E-state index < -0.39 is 4.92 Å². The van der Waals surface area contributed by atoms with E-state index in [0.29, 0.717) is 12.3 Å². The molecule has 20 heavy (non-hydrogen) atoms. The molecule has 106 valence electrons. The first-order valence-corrected chi connectivity index (χ1v) is 7.04. The lowest BCUT2D eigenvalue weighted by atomic mass is 10.2. The number of non-ortho nitro benzene ring substituents is 1. The lowest BCUT2D eigenvalue weighted by Gasteiger charge is -2.07. The third kappa shape index (κ3) is 3.55. The smallest absolute Gasteiger partial charge is 0.273 e. The molecule has 0 fully saturated rings. The van der Waals surface area contributed by atoms with Crippen LogP contribution in [0.25, 0.3) is 0 Å². The van der Waals surface area contributed by atoms with Crippen molar-refractivity contribution in [1.82, 2.24) is 5.32 Å². The van der Waals surface area contributed by atoms with Gasteiger partial charge in [-0.2, -0.15) is 0 Å². The largest absolute Gasteiger partial charge is 0.496 e. The van der Waals surface area contributed by atoms with Crippen molar-refractivity contribution in [2.45, 2.75) is 20.0 Å². The van der Waals surface area contributed by atoms with Gasteiger partial charge in [0.2, 0.25) is 0 Å². The third-order valence-corrected chi connectivity index (χ3v) is 4.00. The highest BCUT2D eigenvalue weighted by atomic mass is 32.1. The molecular weight excluding hydrogens is 276 g/mol. The molecule has 2 rings (SSSR count). The van der Waals surface area contributed by atoms with Gasteiger partial charge in [-0.25, -0.2) is 0 Å². The Morgan fingerprint density at radius 3 is 2.75 bits per heavy atom. The molecule has 0 radical (unpaired) electrons. The molecule has 1 heterocycles. The van der Waals surface area contributed by atoms with Crippen molar-refractivity contribution < 1.29 is 9.66 Å². The predicted octanol–water partition coefficient (Wildman–Crippen LogP) is 3.26. The number of thiophene rings is 1. The van der Waals surface area contributed by atoms with Crippen molar-refractivity contribution >= 4 is 17.0 Å². The minimum absolute atomic E-state index is 0.0495. The molecule has 0 atom stereocenters. The molecular formula is C14H16N2O3S. The predicted molar refractivity (Wildman–Crippen MR) is 79.2 cm³/mol. The number of benzene rings is 1. The molecule has 2 aromatic rings. The van der Waals surface area contributed by atoms with Crippen LogP contribution in [0.3, 0.4) is 0 Å². The molecule has 0 saturated carbocycles. The Morgan fingerprint density at radius 2 is 2.15 bits per heavy atom. The Bertz CT molecular complexity index is 610. The van der Waals surface area contributed by atoms with Crippen LogP contribution in [0.5, 0.6) is 5.75 Å². The van der Waals surface area contributed by atoms with E-state index in [9.17, 15) is 10.1 Å². The summed E-state index contributed by atoms with van der Waals surface area (Å²) in [6.07, 6.45) is 0. The molecule has 6 heteroatoms. The molecule has 0 amide bonds. The fourth-order valence-corrected chi connectivity index (χ4v) is 2.75. The second-order valence-electron chi connectivity index (χ2n) is 4.43. The summed E-state index contributed by atoms with van der Waals surface area (Å²) in [6.45, 7) is 3.40. The molecule has 1 aromatic carbocycles. The molecule has 1 N–H and O–H groups in total. The Morgan fingerprint density at radius 1 is 1.35 bits per heavy atom. The summed E-state index contributed by atoms with van der Waals surface area (Å²) >= 11 is 1.70. The van der Waals surface area contributed by atoms with Crippen molar-refractivity contribution in [1.29, 1.82) is 0 Å². The number of hydrogen-bond donors (Lipinski definition) is 1. The first-order chi connectivity index (χ1) is 9.60. The van der Waals surface area contributed by atoms with E-state index in [-0.39, 0.29) is 5.69 Å². The van der Waals surface area contributed by atoms with Gasteiger partial charge in [0.05, 0.1) is 18.1 Å². The van der Waals surface area contributed by atoms with Crippen molar-refractivity contribution in [3.63, 3.8) is 0 Å². The van der Waals surface area contributed by atoms with Crippen LogP contribution in [0.2, 0.25) is 0 Å². The van der Waals surface area contributed by atoms with E-state index >= 15 is 0 Å². The molecule has 0 saturated heterocycles. The maximum absolute atomic E-state index is 10.9. The van der Waals surface area contributed by atoms with Crippen molar-refractivity contribution in [3.8, 4) is 5.75 Å². The van der Waals surface area contributed by atoms with E-state index in [0.717, 1.165) is 12.1 Å². The molecule has 0 unspecified atom stereocenters. The van der Waals surface area contributed by atoms with Crippen LogP contribution in [-0.4, -0.2) is 12.0 Å². The first-order valence-electron chi connectivity index (χ1n) is 6.16. The number of hydrogen-bond acceptors (Lipinski definition) is 5. The standard InChI is InChI=1S/C14H16N2O3S/c1-10-3-4-20-14(10)9-15-8-11-5-12(16(17)18)7-13(6-11)19-2/h3-7,15H,8-9H2,1-2H3. The second kappa shape index (κ2) is 6.49. The fraction of sp³-hybridized carbons (Fsp3) is 0.286. The zero-order chi connectivity index (χ0) is 14.5. The van der Waals surface area contributed by atoms with Gasteiger partial charge in [0.25, 0.3) is 5.69 Å². The second-order valence-corrected chi connectivity index (χ2v) is 5.43. The van der Waals surface area contributed by atoms with Crippen LogP contribution in [0.4, 0.5) is 5.69 Å². The van der Waals surface area contributed by atoms with Gasteiger partial charge in [0, 0.05) is 24.0 Å². The van der Waals surface area contributed by atoms with Gasteiger partial charge >= 0.3 is 0 Å². The molecule has 5 nitrogen and oxygen atoms in total. The van der Waals surface area contributed by atoms with E-state index in [1.165, 1.54) is 23.6 Å². The number of nitrogens with one attached hydrogen (secondary N) is 1. The van der Waals surface area contributed by atoms with E-state index in [2.05, 4.69) is 23.7 Å². The number of aryl methyl sites for hydroxylation is 1. The monoisotopic (exact) mass is 292 g/mol. The highest BCUT2D eigenvalue weighted by Crippen LogP contribution is 2.22. The lowest BCUT2D eigenvalue weighted by Crippen LogP contribution is -2.12. The fourth-order valence-electron chi connectivity index (χ4n) is 1.87. The summed E-state index contributed by atoms with van der Waals surface area (Å²) in [5.74, 6) is 0.503. The Balaban J connectivity index is 2.03. The van der Waals surface area contributed by atoms with Gasteiger partial charge in [-0.1, -0.05) is 0 Å². The Hall–Kier alpha value is -1.92. The van der Waals surface area contributed by atoms with Crippen LogP contribution < -0.4 is 10.1 Å². The zero-order valence-electron chi connectivity index (χ0n) is 11.4. The zero-order valence-corrected chi connectivity index (χ0v) is 12.2. The number of rotatable bonds is 6. The average molecular weight is 292 g/mol. The summed E-state index contributed by atoms with van der Waals surface area (Å²) in [7, 11) is 1.51. The summed E-state index contributed by atoms with van der Waals surface area (Å²) in [4.78, 5) is 11.7. The maximum Gasteiger partial charge on any atom is 0.273 e. The number of methoxy groups -OCH3 is 1. The van der Waals surface area contributed by atoms with Gasteiger partial charge in [-0.3, -0.25) is 10.1 Å². The highest BCUT2D eigenvalue weighted by Gasteiger charge is 2.10. The Labute approximate surface area is 121 Å². The number of nitrogens with zero attached hydrogens (tertiary/aromatic N) is 1. The number of ether oxygens (including phenoxy) is 1. The normalized spacial score (nSPS) is 10.5. The SMILES string of the molecule is COc1cc(CNCc2sccc2C)cc([N+](=O)[O-])c1. The summed E-state index contributed by atoms with van der Waals surface area (Å²) < 4.78 is 5.09. The molecule has 1 aromatic heterocycles. The number of nitro groups is 1. The van der Waals surface area contributed by atoms with E-state index in [4.69, 9.17) is 4.74 Å². The summed E-state index contributed by atoms with van der Waals surface area (Å²) in [5, 5.41) is 16.2. The van der Waals surface area contributed by atoms with Crippen molar-refractivity contribution in [2.75, 3.05) is 7.11 Å². The quantitative estimate of drug-likeness (QED) is 0.655. The van der Waals surface area contributed by atoms with Gasteiger partial charge in [-0.15, -0.1) is 11.3 Å². The lowest BCUT2D eigenvalue weighted by molar-refractivity contribution is -0.385. The molecule has 0 aliphatic carbocycles. The first kappa shape index (κ1) is 14.5. The van der Waals surface area contributed by atoms with Crippen LogP contribution in [-0.2, 0) is 13.1 Å². The van der Waals surface area contributed by atoms with Crippen molar-refractivity contribution in [2.24, 2.45) is 0 Å². The summed E-state index contributed by atoms with van der Waals surface area (Å²) in [6, 6.07) is 6.88. The van der Waals surface area contributed by atoms with Gasteiger partial charge < -0.3 is 10.1 Å². The number of nitro benzene ring substituents is 1. The average Bonchev–Trinajstić information content (AvgIpc) is 2.84. The van der Waals surface area contributed by atoms with Crippen LogP contribution >= 0.6 is 11.3 Å². The van der Waals surface area contributed by atoms with E-state index in [1.54, 1.807) is 23.5 Å². The van der Waals surface area contributed by atoms with Crippen LogP contribution in [0.1, 0.15) is 16.0 Å². The van der Waals surface area contributed by atoms with E-state index in [1.807, 2.05) is 0 Å². The van der Waals surface area contributed by atoms with Gasteiger partial charge in [-0.05, 0) is 35.6 Å². The minimum Gasteiger partial charge on any atom is -0.496 e. The molecule has 0 bridgehead atoms. The minimum atomic E-state index is -0.407. The third-order valence-electron chi connectivity index (χ3n) is 2.98. The molecule has 0 aliphatic rings. The van der Waals surface area contributed by atoms with Crippen LogP contribution in [0.15, 0.2) is 29.6 Å². The highest BCUT2D eigenvalue weighted by molar-refractivity contribution is 7.10.